The highest BCUT2D eigenvalue weighted by Crippen LogP contribution is 2.29. The molecule has 0 unspecified atom stereocenters. The van der Waals surface area contributed by atoms with Crippen LogP contribution < -0.4 is 0 Å². The molecule has 7 nitrogen and oxygen atoms in total. The van der Waals surface area contributed by atoms with E-state index in [0.717, 1.165) is 30.0 Å². The zero-order chi connectivity index (χ0) is 27.0. The lowest BCUT2D eigenvalue weighted by Gasteiger charge is -2.34. The summed E-state index contributed by atoms with van der Waals surface area (Å²) in [6.45, 7) is 18.2. The lowest BCUT2D eigenvalue weighted by atomic mass is 10.00. The van der Waals surface area contributed by atoms with E-state index in [1.54, 1.807) is 6.08 Å². The van der Waals surface area contributed by atoms with Gasteiger partial charge < -0.3 is 18.6 Å². The summed E-state index contributed by atoms with van der Waals surface area (Å²) < 4.78 is 22.2. The van der Waals surface area contributed by atoms with Gasteiger partial charge in [-0.05, 0) is 44.1 Å². The van der Waals surface area contributed by atoms with E-state index >= 15 is 0 Å². The molecule has 0 fully saturated rings. The van der Waals surface area contributed by atoms with Crippen LogP contribution >= 0.6 is 0 Å². The highest BCUT2D eigenvalue weighted by molar-refractivity contribution is 6.73. The van der Waals surface area contributed by atoms with Gasteiger partial charge in [-0.2, -0.15) is 0 Å². The van der Waals surface area contributed by atoms with E-state index in [-0.39, 0.29) is 6.42 Å². The summed E-state index contributed by atoms with van der Waals surface area (Å²) in [5, 5.41) is 0. The van der Waals surface area contributed by atoms with Crippen molar-refractivity contribution in [2.75, 3.05) is 0 Å². The molecule has 0 heterocycles. The van der Waals surface area contributed by atoms with Gasteiger partial charge in [0.2, 0.25) is 0 Å². The van der Waals surface area contributed by atoms with Crippen LogP contribution in [-0.2, 0) is 33.0 Å². The summed E-state index contributed by atoms with van der Waals surface area (Å²) in [5.74, 6) is 4.45. The number of carbonyl (C=O) groups excluding carboxylic acids is 3. The van der Waals surface area contributed by atoms with Crippen molar-refractivity contribution in [3.63, 3.8) is 0 Å². The number of hydrogen-bond donors (Lipinski definition) is 0. The topological polar surface area (TPSA) is 88.1 Å². The molecule has 0 saturated carbocycles. The predicted octanol–water partition coefficient (Wildman–Crippen LogP) is 5.75. The lowest BCUT2D eigenvalue weighted by Crippen LogP contribution is -2.42. The molecule has 0 saturated heterocycles. The van der Waals surface area contributed by atoms with Gasteiger partial charge in [-0.15, -0.1) is 0 Å². The molecule has 8 heteroatoms. The molecule has 0 aliphatic carbocycles. The Kier molecular flexibility index (Phi) is 15.3. The summed E-state index contributed by atoms with van der Waals surface area (Å²) >= 11 is 0. The fraction of sp³-hybridized carbons (Fsp3) is 0.519. The minimum Gasteiger partial charge on any atom is -0.457 e. The number of allylic oxidation sites excluding steroid dienone is 2. The minimum atomic E-state index is -2.10. The first-order chi connectivity index (χ1) is 16.4. The van der Waals surface area contributed by atoms with E-state index in [1.165, 1.54) is 33.1 Å². The van der Waals surface area contributed by atoms with Gasteiger partial charge >= 0.3 is 17.9 Å². The van der Waals surface area contributed by atoms with Crippen molar-refractivity contribution in [2.24, 2.45) is 0 Å². The molecule has 0 spiro atoms. The SMILES string of the molecule is C=C(C#CC=C(C)C)[C@H](C[C@H](OC(C)=O)C(=C\OC(C)=O)/C=C/OC(C)=O)O[Si](CC)(CC)CC. The molecule has 0 amide bonds. The molecule has 35 heavy (non-hydrogen) atoms. The molecule has 0 aromatic heterocycles. The van der Waals surface area contributed by atoms with Crippen LogP contribution in [0.1, 0.15) is 61.8 Å². The summed E-state index contributed by atoms with van der Waals surface area (Å²) in [7, 11) is -2.10. The zero-order valence-electron chi connectivity index (χ0n) is 22.4. The zero-order valence-corrected chi connectivity index (χ0v) is 23.4. The van der Waals surface area contributed by atoms with Crippen LogP contribution in [0.5, 0.6) is 0 Å². The third kappa shape index (κ3) is 13.5. The maximum absolute atomic E-state index is 12.0. The van der Waals surface area contributed by atoms with E-state index in [0.29, 0.717) is 11.1 Å². The first-order valence-electron chi connectivity index (χ1n) is 11.8. The molecule has 0 aromatic rings. The Balaban J connectivity index is 6.43. The Morgan fingerprint density at radius 2 is 1.46 bits per heavy atom. The highest BCUT2D eigenvalue weighted by Gasteiger charge is 2.35. The quantitative estimate of drug-likeness (QED) is 0.0788. The molecule has 0 aliphatic rings. The van der Waals surface area contributed by atoms with Crippen molar-refractivity contribution in [3.05, 3.63) is 48.0 Å². The van der Waals surface area contributed by atoms with Crippen molar-refractivity contribution in [2.45, 2.75) is 92.2 Å². The summed E-state index contributed by atoms with van der Waals surface area (Å²) in [5.41, 5.74) is 1.93. The van der Waals surface area contributed by atoms with E-state index in [2.05, 4.69) is 39.2 Å². The Bertz CT molecular complexity index is 886. The van der Waals surface area contributed by atoms with Crippen LogP contribution in [0.25, 0.3) is 0 Å². The third-order valence-electron chi connectivity index (χ3n) is 5.27. The average molecular weight is 505 g/mol. The molecule has 0 rings (SSSR count). The van der Waals surface area contributed by atoms with Gasteiger partial charge in [0.25, 0.3) is 0 Å². The first-order valence-corrected chi connectivity index (χ1v) is 14.3. The molecule has 0 radical (unpaired) electrons. The van der Waals surface area contributed by atoms with Crippen molar-refractivity contribution in [1.29, 1.82) is 0 Å². The molecule has 0 bridgehead atoms. The maximum Gasteiger partial charge on any atom is 0.307 e. The van der Waals surface area contributed by atoms with Crippen LogP contribution in [0.15, 0.2) is 48.0 Å². The molecular weight excluding hydrogens is 464 g/mol. The predicted molar refractivity (Wildman–Crippen MR) is 139 cm³/mol. The minimum absolute atomic E-state index is 0.189. The average Bonchev–Trinajstić information content (AvgIpc) is 2.77. The van der Waals surface area contributed by atoms with Crippen molar-refractivity contribution in [3.8, 4) is 11.8 Å². The molecule has 0 aliphatic heterocycles. The third-order valence-corrected chi connectivity index (χ3v) is 9.92. The van der Waals surface area contributed by atoms with Crippen LogP contribution in [-0.4, -0.2) is 38.4 Å². The molecular formula is C27H40O7Si. The molecule has 0 N–H and O–H groups in total. The van der Waals surface area contributed by atoms with Gasteiger partial charge in [-0.3, -0.25) is 14.4 Å². The van der Waals surface area contributed by atoms with Crippen LogP contribution in [0.3, 0.4) is 0 Å². The second-order valence-corrected chi connectivity index (χ2v) is 13.1. The number of ether oxygens (including phenoxy) is 3. The Hall–Kier alpha value is -2.89. The number of esters is 3. The van der Waals surface area contributed by atoms with E-state index in [1.807, 2.05) is 13.8 Å². The maximum atomic E-state index is 12.0. The fourth-order valence-electron chi connectivity index (χ4n) is 3.15. The van der Waals surface area contributed by atoms with Gasteiger partial charge in [-0.1, -0.05) is 44.8 Å². The van der Waals surface area contributed by atoms with Gasteiger partial charge in [0.05, 0.1) is 12.4 Å². The first kappa shape index (κ1) is 32.1. The van der Waals surface area contributed by atoms with Crippen LogP contribution in [0.4, 0.5) is 0 Å². The summed E-state index contributed by atoms with van der Waals surface area (Å²) in [4.78, 5) is 34.6. The molecule has 194 valence electrons. The molecule has 2 atom stereocenters. The van der Waals surface area contributed by atoms with Gasteiger partial charge in [-0.25, -0.2) is 0 Å². The monoisotopic (exact) mass is 504 g/mol. The fourth-order valence-corrected chi connectivity index (χ4v) is 5.99. The Morgan fingerprint density at radius 3 is 1.91 bits per heavy atom. The van der Waals surface area contributed by atoms with Gasteiger partial charge in [0, 0.05) is 38.3 Å². The lowest BCUT2D eigenvalue weighted by molar-refractivity contribution is -0.145. The standard InChI is InChI=1S/C27H40O7Si/c1-10-35(11-2,12-3)34-26(21(6)15-13-14-20(4)5)18-27(33-24(9)30)25(19-32-23(8)29)16-17-31-22(7)28/h14,16-17,19,26-27H,6,10-12,18H2,1-5,7-9H3/b17-16+,25-19-/t26-,27-/m0/s1. The van der Waals surface area contributed by atoms with Crippen LogP contribution in [0, 0.1) is 11.8 Å². The van der Waals surface area contributed by atoms with Crippen molar-refractivity contribution < 1.29 is 33.0 Å². The Morgan fingerprint density at radius 1 is 0.886 bits per heavy atom. The van der Waals surface area contributed by atoms with Gasteiger partial charge in [0.15, 0.2) is 8.32 Å². The number of rotatable bonds is 13. The highest BCUT2D eigenvalue weighted by atomic mass is 28.4. The normalized spacial score (nSPS) is 13.2. The van der Waals surface area contributed by atoms with Gasteiger partial charge in [0.1, 0.15) is 12.4 Å². The van der Waals surface area contributed by atoms with E-state index in [4.69, 9.17) is 18.6 Å². The van der Waals surface area contributed by atoms with Crippen molar-refractivity contribution in [1.82, 2.24) is 0 Å². The number of carbonyl (C=O) groups is 3. The smallest absolute Gasteiger partial charge is 0.307 e. The largest absolute Gasteiger partial charge is 0.457 e. The second-order valence-electron chi connectivity index (χ2n) is 8.34. The van der Waals surface area contributed by atoms with E-state index in [9.17, 15) is 14.4 Å². The molecule has 0 aromatic carbocycles. The number of hydrogen-bond acceptors (Lipinski definition) is 7. The van der Waals surface area contributed by atoms with E-state index < -0.39 is 38.4 Å². The van der Waals surface area contributed by atoms with Crippen LogP contribution in [0.2, 0.25) is 18.1 Å². The Labute approximate surface area is 211 Å². The van der Waals surface area contributed by atoms with Crippen molar-refractivity contribution >= 4 is 26.2 Å². The summed E-state index contributed by atoms with van der Waals surface area (Å²) in [6.07, 6.45) is 4.31. The second kappa shape index (κ2) is 16.7. The summed E-state index contributed by atoms with van der Waals surface area (Å²) in [6, 6.07) is 2.73.